The molecule has 0 unspecified atom stereocenters. The number of nitrogens with zero attached hydrogens (tertiary/aromatic N) is 2. The summed E-state index contributed by atoms with van der Waals surface area (Å²) in [5.41, 5.74) is 0. The molecule has 0 aromatic heterocycles. The van der Waals surface area contributed by atoms with E-state index in [1.807, 2.05) is 0 Å². The van der Waals surface area contributed by atoms with E-state index in [2.05, 4.69) is 12.8 Å². The number of halogens is 1. The Morgan fingerprint density at radius 3 is 2.22 bits per heavy atom. The monoisotopic (exact) mass is 258 g/mol. The summed E-state index contributed by atoms with van der Waals surface area (Å²) in [5, 5.41) is 0. The van der Waals surface area contributed by atoms with Crippen molar-refractivity contribution in [2.45, 2.75) is 0 Å². The molecule has 0 radical (unpaired) electrons. The van der Waals surface area contributed by atoms with Gasteiger partial charge in [0.1, 0.15) is 6.54 Å². The number of amides is 3. The van der Waals surface area contributed by atoms with E-state index in [1.165, 1.54) is 3.11 Å². The highest BCUT2D eigenvalue weighted by atomic mass is 127. The Balaban J connectivity index is 2.77. The molecule has 50 valence electrons. The molecule has 0 saturated carbocycles. The van der Waals surface area contributed by atoms with Gasteiger partial charge in [0, 0.05) is 0 Å². The first kappa shape index (κ1) is 7.13. The molecule has 0 aromatic rings. The normalized spacial score (nSPS) is 19.8. The summed E-state index contributed by atoms with van der Waals surface area (Å²) in [6.07, 6.45) is 0. The molecule has 1 aliphatic rings. The van der Waals surface area contributed by atoms with E-state index in [0.717, 1.165) is 4.31 Å². The zero-order valence-corrected chi connectivity index (χ0v) is 7.30. The predicted octanol–water partition coefficient (Wildman–Crippen LogP) is 0.445. The topological polar surface area (TPSA) is 40.6 Å². The van der Waals surface area contributed by atoms with E-state index >= 15 is 0 Å². The van der Waals surface area contributed by atoms with Gasteiger partial charge in [-0.25, -0.2) is 9.10 Å². The SMILES string of the molecule is O=C1CN(I)C(=O)N1S. The van der Waals surface area contributed by atoms with Crippen molar-refractivity contribution in [1.82, 2.24) is 7.42 Å². The van der Waals surface area contributed by atoms with Crippen LogP contribution in [0, 0.1) is 0 Å². The number of hydrogen-bond donors (Lipinski definition) is 1. The van der Waals surface area contributed by atoms with Gasteiger partial charge in [-0.2, -0.15) is 0 Å². The molecule has 1 saturated heterocycles. The van der Waals surface area contributed by atoms with Crippen LogP contribution >= 0.6 is 35.7 Å². The van der Waals surface area contributed by atoms with Crippen molar-refractivity contribution in [1.29, 1.82) is 0 Å². The van der Waals surface area contributed by atoms with E-state index in [-0.39, 0.29) is 18.5 Å². The van der Waals surface area contributed by atoms with Crippen molar-refractivity contribution < 1.29 is 9.59 Å². The third-order valence-electron chi connectivity index (χ3n) is 0.899. The van der Waals surface area contributed by atoms with Crippen molar-refractivity contribution in [3.63, 3.8) is 0 Å². The number of urea groups is 1. The van der Waals surface area contributed by atoms with Crippen LogP contribution in [0.25, 0.3) is 0 Å². The highest BCUT2D eigenvalue weighted by Gasteiger charge is 2.32. The highest BCUT2D eigenvalue weighted by molar-refractivity contribution is 14.1. The van der Waals surface area contributed by atoms with Crippen molar-refractivity contribution in [3.05, 3.63) is 0 Å². The van der Waals surface area contributed by atoms with Crippen LogP contribution in [0.15, 0.2) is 0 Å². The van der Waals surface area contributed by atoms with E-state index < -0.39 is 0 Å². The molecule has 0 aliphatic carbocycles. The molecule has 0 atom stereocenters. The standard InChI is InChI=1S/C3H3IN2O2S/c4-5-1-2(7)6(9)3(5)8/h9H,1H2. The Morgan fingerprint density at radius 2 is 2.11 bits per heavy atom. The fraction of sp³-hybridized carbons (Fsp3) is 0.333. The van der Waals surface area contributed by atoms with Crippen LogP contribution in [0.1, 0.15) is 0 Å². The molecule has 0 spiro atoms. The van der Waals surface area contributed by atoms with Gasteiger partial charge in [0.2, 0.25) is 0 Å². The molecule has 0 aromatic carbocycles. The van der Waals surface area contributed by atoms with Gasteiger partial charge in [-0.05, 0) is 0 Å². The Bertz CT molecular complexity index is 173. The molecule has 0 bridgehead atoms. The Morgan fingerprint density at radius 1 is 1.56 bits per heavy atom. The average molecular weight is 258 g/mol. The number of thiol groups is 1. The molecule has 6 heteroatoms. The summed E-state index contributed by atoms with van der Waals surface area (Å²) in [5.74, 6) is -0.280. The maximum Gasteiger partial charge on any atom is 0.346 e. The number of hydrogen-bond acceptors (Lipinski definition) is 3. The fourth-order valence-corrected chi connectivity index (χ4v) is 1.31. The van der Waals surface area contributed by atoms with Crippen LogP contribution in [-0.4, -0.2) is 25.9 Å². The molecule has 1 rings (SSSR count). The number of carbonyl (C=O) groups is 2. The third kappa shape index (κ3) is 1.13. The minimum absolute atomic E-state index is 0.128. The minimum atomic E-state index is -0.371. The number of carbonyl (C=O) groups excluding carboxylic acids is 2. The van der Waals surface area contributed by atoms with Crippen molar-refractivity contribution >= 4 is 47.6 Å². The van der Waals surface area contributed by atoms with Crippen molar-refractivity contribution in [2.24, 2.45) is 0 Å². The van der Waals surface area contributed by atoms with Crippen LogP contribution in [-0.2, 0) is 4.79 Å². The Labute approximate surface area is 71.2 Å². The molecule has 0 N–H and O–H groups in total. The first-order chi connectivity index (χ1) is 4.13. The lowest BCUT2D eigenvalue weighted by Gasteiger charge is -2.01. The summed E-state index contributed by atoms with van der Waals surface area (Å²) < 4.78 is 2.07. The van der Waals surface area contributed by atoms with Gasteiger partial charge in [0.15, 0.2) is 0 Å². The largest absolute Gasteiger partial charge is 0.346 e. The van der Waals surface area contributed by atoms with Crippen LogP contribution < -0.4 is 0 Å². The maximum absolute atomic E-state index is 10.7. The Kier molecular flexibility index (Phi) is 1.85. The van der Waals surface area contributed by atoms with Crippen LogP contribution in [0.5, 0.6) is 0 Å². The van der Waals surface area contributed by atoms with Gasteiger partial charge in [-0.1, -0.05) is 12.8 Å². The lowest BCUT2D eigenvalue weighted by Crippen LogP contribution is -2.19. The lowest BCUT2D eigenvalue weighted by atomic mass is 10.7. The predicted molar refractivity (Wildman–Crippen MR) is 42.0 cm³/mol. The maximum atomic E-state index is 10.7. The summed E-state index contributed by atoms with van der Waals surface area (Å²) in [6, 6.07) is -0.371. The zero-order chi connectivity index (χ0) is 7.02. The summed E-state index contributed by atoms with van der Waals surface area (Å²) in [6.45, 7) is 0.128. The number of rotatable bonds is 0. The minimum Gasteiger partial charge on any atom is -0.271 e. The smallest absolute Gasteiger partial charge is 0.271 e. The second-order valence-electron chi connectivity index (χ2n) is 1.51. The molecule has 3 amide bonds. The van der Waals surface area contributed by atoms with Gasteiger partial charge in [0.05, 0.1) is 22.9 Å². The lowest BCUT2D eigenvalue weighted by molar-refractivity contribution is -0.121. The number of imide groups is 1. The molecule has 4 nitrogen and oxygen atoms in total. The van der Waals surface area contributed by atoms with Gasteiger partial charge < -0.3 is 0 Å². The molecule has 1 heterocycles. The van der Waals surface area contributed by atoms with E-state index in [1.54, 1.807) is 22.9 Å². The van der Waals surface area contributed by atoms with Gasteiger partial charge in [-0.3, -0.25) is 7.91 Å². The second kappa shape index (κ2) is 2.33. The summed E-state index contributed by atoms with van der Waals surface area (Å²) in [7, 11) is 0. The molecule has 1 fully saturated rings. The molecular weight excluding hydrogens is 255 g/mol. The molecule has 1 aliphatic heterocycles. The van der Waals surface area contributed by atoms with Gasteiger partial charge in [-0.15, -0.1) is 0 Å². The van der Waals surface area contributed by atoms with Crippen molar-refractivity contribution in [2.75, 3.05) is 6.54 Å². The third-order valence-corrected chi connectivity index (χ3v) is 2.05. The van der Waals surface area contributed by atoms with E-state index in [0.29, 0.717) is 0 Å². The summed E-state index contributed by atoms with van der Waals surface area (Å²) in [4.78, 5) is 21.2. The first-order valence-corrected chi connectivity index (χ1v) is 3.48. The van der Waals surface area contributed by atoms with Crippen LogP contribution in [0.3, 0.4) is 0 Å². The van der Waals surface area contributed by atoms with E-state index in [4.69, 9.17) is 0 Å². The summed E-state index contributed by atoms with van der Waals surface area (Å²) >= 11 is 5.39. The average Bonchev–Trinajstić information content (AvgIpc) is 1.98. The fourth-order valence-electron chi connectivity index (χ4n) is 0.463. The quantitative estimate of drug-likeness (QED) is 0.296. The van der Waals surface area contributed by atoms with Crippen LogP contribution in [0.4, 0.5) is 4.79 Å². The highest BCUT2D eigenvalue weighted by Crippen LogP contribution is 2.15. The van der Waals surface area contributed by atoms with Crippen molar-refractivity contribution in [3.8, 4) is 0 Å². The van der Waals surface area contributed by atoms with Gasteiger partial charge >= 0.3 is 6.03 Å². The second-order valence-corrected chi connectivity index (χ2v) is 3.07. The van der Waals surface area contributed by atoms with E-state index in [9.17, 15) is 9.59 Å². The van der Waals surface area contributed by atoms with Crippen LogP contribution in [0.2, 0.25) is 0 Å². The van der Waals surface area contributed by atoms with Gasteiger partial charge in [0.25, 0.3) is 5.91 Å². The first-order valence-electron chi connectivity index (χ1n) is 2.12. The molecule has 9 heavy (non-hydrogen) atoms. The Hall–Kier alpha value is 0.0200. The zero-order valence-electron chi connectivity index (χ0n) is 4.24. The molecular formula is C3H3IN2O2S.